The van der Waals surface area contributed by atoms with E-state index in [9.17, 15) is 18.4 Å². The molecule has 0 aliphatic carbocycles. The van der Waals surface area contributed by atoms with Gasteiger partial charge in [0.05, 0.1) is 12.1 Å². The van der Waals surface area contributed by atoms with Gasteiger partial charge >= 0.3 is 0 Å². The highest BCUT2D eigenvalue weighted by molar-refractivity contribution is 6.00. The Bertz CT molecular complexity index is 548. The maximum Gasteiger partial charge on any atom is 0.237 e. The van der Waals surface area contributed by atoms with Gasteiger partial charge in [0.25, 0.3) is 0 Å². The van der Waals surface area contributed by atoms with Crippen LogP contribution >= 0.6 is 0 Å². The summed E-state index contributed by atoms with van der Waals surface area (Å²) >= 11 is 0. The molecule has 1 fully saturated rings. The van der Waals surface area contributed by atoms with E-state index >= 15 is 0 Å². The standard InChI is InChI=1S/C14H16F2N2O2/c1-8(18-6-5-17-14(20)9(18)2)13(19)10-3-4-11(15)12(16)7-10/h3-4,7-9H,5-6H2,1-2H3,(H,17,20). The highest BCUT2D eigenvalue weighted by atomic mass is 19.2. The number of hydrogen-bond donors (Lipinski definition) is 1. The molecule has 0 spiro atoms. The summed E-state index contributed by atoms with van der Waals surface area (Å²) < 4.78 is 26.1. The molecular formula is C14H16F2N2O2. The molecule has 1 aliphatic rings. The van der Waals surface area contributed by atoms with E-state index in [2.05, 4.69) is 5.32 Å². The number of carbonyl (C=O) groups excluding carboxylic acids is 2. The lowest BCUT2D eigenvalue weighted by molar-refractivity contribution is -0.128. The number of rotatable bonds is 3. The van der Waals surface area contributed by atoms with Crippen molar-refractivity contribution in [3.8, 4) is 0 Å². The zero-order valence-corrected chi connectivity index (χ0v) is 11.3. The number of amides is 1. The summed E-state index contributed by atoms with van der Waals surface area (Å²) in [6.07, 6.45) is 0. The van der Waals surface area contributed by atoms with E-state index in [0.717, 1.165) is 12.1 Å². The van der Waals surface area contributed by atoms with E-state index in [1.54, 1.807) is 18.7 Å². The molecule has 0 radical (unpaired) electrons. The van der Waals surface area contributed by atoms with Crippen LogP contribution in [0.15, 0.2) is 18.2 Å². The molecule has 1 aromatic rings. The first-order valence-electron chi connectivity index (χ1n) is 6.44. The lowest BCUT2D eigenvalue weighted by Gasteiger charge is -2.36. The van der Waals surface area contributed by atoms with Gasteiger partial charge in [-0.25, -0.2) is 8.78 Å². The number of nitrogens with one attached hydrogen (secondary N) is 1. The average Bonchev–Trinajstić information content (AvgIpc) is 2.43. The zero-order chi connectivity index (χ0) is 14.9. The first-order chi connectivity index (χ1) is 9.41. The van der Waals surface area contributed by atoms with E-state index in [1.165, 1.54) is 6.07 Å². The van der Waals surface area contributed by atoms with Crippen LogP contribution in [0.1, 0.15) is 24.2 Å². The van der Waals surface area contributed by atoms with Crippen LogP contribution < -0.4 is 5.32 Å². The minimum Gasteiger partial charge on any atom is -0.353 e. The molecule has 1 heterocycles. The van der Waals surface area contributed by atoms with Crippen LogP contribution in [0.2, 0.25) is 0 Å². The van der Waals surface area contributed by atoms with Crippen LogP contribution in [0.4, 0.5) is 8.78 Å². The Balaban J connectivity index is 2.19. The second-order valence-corrected chi connectivity index (χ2v) is 4.87. The molecule has 4 nitrogen and oxygen atoms in total. The molecule has 0 bridgehead atoms. The van der Waals surface area contributed by atoms with Crippen molar-refractivity contribution in [1.29, 1.82) is 0 Å². The normalized spacial score (nSPS) is 21.4. The molecule has 1 saturated heterocycles. The number of halogens is 2. The molecule has 2 unspecified atom stereocenters. The van der Waals surface area contributed by atoms with Crippen molar-refractivity contribution < 1.29 is 18.4 Å². The van der Waals surface area contributed by atoms with E-state index in [0.29, 0.717) is 13.1 Å². The van der Waals surface area contributed by atoms with Gasteiger partial charge in [0, 0.05) is 18.7 Å². The summed E-state index contributed by atoms with van der Waals surface area (Å²) in [4.78, 5) is 25.6. The summed E-state index contributed by atoms with van der Waals surface area (Å²) in [5, 5.41) is 2.71. The first-order valence-corrected chi connectivity index (χ1v) is 6.44. The van der Waals surface area contributed by atoms with Gasteiger partial charge in [0.2, 0.25) is 5.91 Å². The third kappa shape index (κ3) is 2.70. The summed E-state index contributed by atoms with van der Waals surface area (Å²) in [5.41, 5.74) is 0.106. The molecule has 1 amide bonds. The molecule has 20 heavy (non-hydrogen) atoms. The number of ketones is 1. The van der Waals surface area contributed by atoms with Gasteiger partial charge in [-0.05, 0) is 32.0 Å². The Morgan fingerprint density at radius 2 is 2.10 bits per heavy atom. The molecule has 0 aromatic heterocycles. The predicted molar refractivity (Wildman–Crippen MR) is 69.3 cm³/mol. The lowest BCUT2D eigenvalue weighted by atomic mass is 10.0. The summed E-state index contributed by atoms with van der Waals surface area (Å²) in [6.45, 7) is 4.39. The van der Waals surface area contributed by atoms with Gasteiger partial charge in [-0.3, -0.25) is 14.5 Å². The van der Waals surface area contributed by atoms with Crippen LogP contribution in [0.3, 0.4) is 0 Å². The van der Waals surface area contributed by atoms with Crippen LogP contribution in [0.25, 0.3) is 0 Å². The van der Waals surface area contributed by atoms with Crippen LogP contribution in [-0.2, 0) is 4.79 Å². The van der Waals surface area contributed by atoms with E-state index in [4.69, 9.17) is 0 Å². The van der Waals surface area contributed by atoms with Gasteiger partial charge in [-0.15, -0.1) is 0 Å². The molecule has 1 N–H and O–H groups in total. The van der Waals surface area contributed by atoms with Gasteiger partial charge < -0.3 is 5.32 Å². The smallest absolute Gasteiger partial charge is 0.237 e. The fourth-order valence-corrected chi connectivity index (χ4v) is 2.37. The van der Waals surface area contributed by atoms with Crippen molar-refractivity contribution in [2.45, 2.75) is 25.9 Å². The highest BCUT2D eigenvalue weighted by Crippen LogP contribution is 2.16. The minimum atomic E-state index is -1.05. The van der Waals surface area contributed by atoms with Crippen molar-refractivity contribution in [1.82, 2.24) is 10.2 Å². The van der Waals surface area contributed by atoms with E-state index in [-0.39, 0.29) is 17.3 Å². The van der Waals surface area contributed by atoms with Crippen LogP contribution in [0.5, 0.6) is 0 Å². The van der Waals surface area contributed by atoms with Gasteiger partial charge in [0.1, 0.15) is 0 Å². The fourth-order valence-electron chi connectivity index (χ4n) is 2.37. The third-order valence-electron chi connectivity index (χ3n) is 3.63. The number of piperazine rings is 1. The predicted octanol–water partition coefficient (Wildman–Crippen LogP) is 1.36. The van der Waals surface area contributed by atoms with Crippen molar-refractivity contribution >= 4 is 11.7 Å². The second kappa shape index (κ2) is 5.66. The number of carbonyl (C=O) groups is 2. The molecule has 1 aromatic carbocycles. The van der Waals surface area contributed by atoms with E-state index < -0.39 is 23.7 Å². The molecule has 6 heteroatoms. The van der Waals surface area contributed by atoms with Gasteiger partial charge in [0.15, 0.2) is 17.4 Å². The SMILES string of the molecule is CC1C(=O)NCCN1C(C)C(=O)c1ccc(F)c(F)c1. The topological polar surface area (TPSA) is 49.4 Å². The maximum atomic E-state index is 13.2. The fraction of sp³-hybridized carbons (Fsp3) is 0.429. The zero-order valence-electron chi connectivity index (χ0n) is 11.3. The maximum absolute atomic E-state index is 13.2. The Morgan fingerprint density at radius 1 is 1.40 bits per heavy atom. The Labute approximate surface area is 115 Å². The highest BCUT2D eigenvalue weighted by Gasteiger charge is 2.32. The van der Waals surface area contributed by atoms with Crippen molar-refractivity contribution in [3.05, 3.63) is 35.4 Å². The number of benzene rings is 1. The van der Waals surface area contributed by atoms with Crippen LogP contribution in [0, 0.1) is 11.6 Å². The first kappa shape index (κ1) is 14.6. The minimum absolute atomic E-state index is 0.106. The molecule has 2 atom stereocenters. The van der Waals surface area contributed by atoms with E-state index in [1.807, 2.05) is 0 Å². The monoisotopic (exact) mass is 282 g/mol. The number of hydrogen-bond acceptors (Lipinski definition) is 3. The van der Waals surface area contributed by atoms with Crippen LogP contribution in [-0.4, -0.2) is 41.8 Å². The quantitative estimate of drug-likeness (QED) is 0.852. The summed E-state index contributed by atoms with van der Waals surface area (Å²) in [6, 6.07) is 2.09. The third-order valence-corrected chi connectivity index (χ3v) is 3.63. The largest absolute Gasteiger partial charge is 0.353 e. The van der Waals surface area contributed by atoms with Crippen molar-refractivity contribution in [2.24, 2.45) is 0 Å². The Kier molecular flexibility index (Phi) is 4.13. The second-order valence-electron chi connectivity index (χ2n) is 4.87. The molecular weight excluding hydrogens is 266 g/mol. The van der Waals surface area contributed by atoms with Crippen molar-refractivity contribution in [3.63, 3.8) is 0 Å². The molecule has 2 rings (SSSR count). The average molecular weight is 282 g/mol. The molecule has 0 saturated carbocycles. The molecule has 108 valence electrons. The van der Waals surface area contributed by atoms with Crippen molar-refractivity contribution in [2.75, 3.05) is 13.1 Å². The summed E-state index contributed by atoms with van der Waals surface area (Å²) in [5.74, 6) is -2.50. The molecule has 1 aliphatic heterocycles. The van der Waals surface area contributed by atoms with Gasteiger partial charge in [-0.1, -0.05) is 0 Å². The Morgan fingerprint density at radius 3 is 2.75 bits per heavy atom. The summed E-state index contributed by atoms with van der Waals surface area (Å²) in [7, 11) is 0. The lowest BCUT2D eigenvalue weighted by Crippen LogP contribution is -2.58. The number of Topliss-reactive ketones (excluding diaryl/α,β-unsaturated/α-hetero) is 1. The number of nitrogens with zero attached hydrogens (tertiary/aromatic N) is 1. The van der Waals surface area contributed by atoms with Gasteiger partial charge in [-0.2, -0.15) is 0 Å². The Hall–Kier alpha value is -1.82.